The summed E-state index contributed by atoms with van der Waals surface area (Å²) in [6.45, 7) is 5.38. The zero-order chi connectivity index (χ0) is 12.5. The molecule has 0 aliphatic carbocycles. The zero-order valence-electron chi connectivity index (χ0n) is 9.27. The lowest BCUT2D eigenvalue weighted by Crippen LogP contribution is -2.14. The Kier molecular flexibility index (Phi) is 3.77. The van der Waals surface area contributed by atoms with Crippen LogP contribution in [0.1, 0.15) is 44.2 Å². The molecule has 0 bridgehead atoms. The summed E-state index contributed by atoms with van der Waals surface area (Å²) in [5.74, 6) is 0.499. The highest BCUT2D eigenvalue weighted by molar-refractivity contribution is 6.31. The number of aromatic nitrogens is 2. The number of rotatable bonds is 3. The summed E-state index contributed by atoms with van der Waals surface area (Å²) in [5, 5.41) is 10.7. The third-order valence-electron chi connectivity index (χ3n) is 2.02. The lowest BCUT2D eigenvalue weighted by atomic mass is 10.1. The number of nitrogens with zero attached hydrogens (tertiary/aromatic N) is 3. The maximum Gasteiger partial charge on any atom is 0.329 e. The maximum atomic E-state index is 10.8. The first kappa shape index (κ1) is 12.8. The molecule has 6 nitrogen and oxygen atoms in total. The molecule has 0 radical (unpaired) electrons. The van der Waals surface area contributed by atoms with Crippen LogP contribution in [0.3, 0.4) is 0 Å². The monoisotopic (exact) mass is 244 g/mol. The summed E-state index contributed by atoms with van der Waals surface area (Å²) >= 11 is 5.77. The number of hydrogen-bond donors (Lipinski definition) is 1. The van der Waals surface area contributed by atoms with Crippen molar-refractivity contribution in [3.05, 3.63) is 26.8 Å². The van der Waals surface area contributed by atoms with Crippen molar-refractivity contribution in [2.45, 2.75) is 32.7 Å². The molecule has 0 spiro atoms. The van der Waals surface area contributed by atoms with E-state index >= 15 is 0 Å². The lowest BCUT2D eigenvalue weighted by Gasteiger charge is -2.10. The van der Waals surface area contributed by atoms with E-state index in [-0.39, 0.29) is 22.5 Å². The first-order valence-electron chi connectivity index (χ1n) is 4.81. The summed E-state index contributed by atoms with van der Waals surface area (Å²) in [5.41, 5.74) is 5.51. The van der Waals surface area contributed by atoms with Crippen molar-refractivity contribution in [3.63, 3.8) is 0 Å². The van der Waals surface area contributed by atoms with Crippen LogP contribution < -0.4 is 5.73 Å². The molecular formula is C9H13ClN4O2. The van der Waals surface area contributed by atoms with E-state index in [4.69, 9.17) is 17.3 Å². The molecule has 2 N–H and O–H groups in total. The van der Waals surface area contributed by atoms with Gasteiger partial charge in [0.2, 0.25) is 5.15 Å². The van der Waals surface area contributed by atoms with E-state index in [1.54, 1.807) is 6.92 Å². The van der Waals surface area contributed by atoms with Gasteiger partial charge in [0.25, 0.3) is 0 Å². The number of nitro groups is 1. The quantitative estimate of drug-likeness (QED) is 0.499. The molecule has 1 atom stereocenters. The Morgan fingerprint density at radius 1 is 1.38 bits per heavy atom. The van der Waals surface area contributed by atoms with Gasteiger partial charge in [-0.2, -0.15) is 0 Å². The normalized spacial score (nSPS) is 12.9. The fourth-order valence-electron chi connectivity index (χ4n) is 1.21. The highest BCUT2D eigenvalue weighted by Crippen LogP contribution is 2.30. The van der Waals surface area contributed by atoms with Crippen LogP contribution in [-0.4, -0.2) is 14.9 Å². The highest BCUT2D eigenvalue weighted by Gasteiger charge is 2.26. The molecule has 0 saturated carbocycles. The molecule has 16 heavy (non-hydrogen) atoms. The van der Waals surface area contributed by atoms with E-state index in [1.165, 1.54) is 0 Å². The van der Waals surface area contributed by atoms with Gasteiger partial charge in [-0.05, 0) is 6.92 Å². The van der Waals surface area contributed by atoms with Crippen molar-refractivity contribution in [3.8, 4) is 0 Å². The Morgan fingerprint density at radius 3 is 2.31 bits per heavy atom. The molecule has 1 aromatic heterocycles. The van der Waals surface area contributed by atoms with Crippen LogP contribution in [-0.2, 0) is 0 Å². The van der Waals surface area contributed by atoms with Crippen molar-refractivity contribution in [2.24, 2.45) is 5.73 Å². The number of nitrogens with two attached hydrogens (primary N) is 1. The van der Waals surface area contributed by atoms with Gasteiger partial charge in [-0.15, -0.1) is 0 Å². The molecule has 1 unspecified atom stereocenters. The van der Waals surface area contributed by atoms with Crippen LogP contribution in [0, 0.1) is 10.1 Å². The molecular weight excluding hydrogens is 232 g/mol. The topological polar surface area (TPSA) is 94.9 Å². The first-order valence-corrected chi connectivity index (χ1v) is 5.19. The molecule has 0 aromatic carbocycles. The second kappa shape index (κ2) is 4.71. The van der Waals surface area contributed by atoms with E-state index in [0.717, 1.165) is 0 Å². The molecule has 1 heterocycles. The summed E-state index contributed by atoms with van der Waals surface area (Å²) in [6.07, 6.45) is 0. The van der Waals surface area contributed by atoms with Crippen LogP contribution in [0.2, 0.25) is 5.15 Å². The second-order valence-corrected chi connectivity index (χ2v) is 4.16. The van der Waals surface area contributed by atoms with E-state index in [0.29, 0.717) is 5.82 Å². The third-order valence-corrected chi connectivity index (χ3v) is 2.28. The van der Waals surface area contributed by atoms with Crippen molar-refractivity contribution >= 4 is 17.3 Å². The molecule has 0 saturated heterocycles. The molecule has 7 heteroatoms. The predicted octanol–water partition coefficient (Wildman–Crippen LogP) is 2.18. The van der Waals surface area contributed by atoms with E-state index in [9.17, 15) is 10.1 Å². The number of halogens is 1. The van der Waals surface area contributed by atoms with Gasteiger partial charge in [-0.25, -0.2) is 9.97 Å². The first-order chi connectivity index (χ1) is 7.34. The highest BCUT2D eigenvalue weighted by atomic mass is 35.5. The van der Waals surface area contributed by atoms with E-state index < -0.39 is 11.0 Å². The molecule has 0 fully saturated rings. The van der Waals surface area contributed by atoms with Crippen molar-refractivity contribution in [2.75, 3.05) is 0 Å². The minimum Gasteiger partial charge on any atom is -0.323 e. The van der Waals surface area contributed by atoms with E-state index in [1.807, 2.05) is 13.8 Å². The average Bonchev–Trinajstić information content (AvgIpc) is 2.15. The smallest absolute Gasteiger partial charge is 0.323 e. The van der Waals surface area contributed by atoms with Crippen LogP contribution >= 0.6 is 11.6 Å². The van der Waals surface area contributed by atoms with Gasteiger partial charge in [0, 0.05) is 5.92 Å². The van der Waals surface area contributed by atoms with Crippen LogP contribution in [0.4, 0.5) is 5.69 Å². The van der Waals surface area contributed by atoms with E-state index in [2.05, 4.69) is 9.97 Å². The predicted molar refractivity (Wildman–Crippen MR) is 60.4 cm³/mol. The fraction of sp³-hybridized carbons (Fsp3) is 0.556. The van der Waals surface area contributed by atoms with Gasteiger partial charge in [0.05, 0.1) is 11.0 Å². The zero-order valence-corrected chi connectivity index (χ0v) is 10.0. The van der Waals surface area contributed by atoms with Crippen LogP contribution in [0.5, 0.6) is 0 Å². The van der Waals surface area contributed by atoms with Crippen LogP contribution in [0.15, 0.2) is 0 Å². The summed E-state index contributed by atoms with van der Waals surface area (Å²) in [6, 6.07) is -0.557. The van der Waals surface area contributed by atoms with Gasteiger partial charge in [-0.3, -0.25) is 10.1 Å². The molecule has 0 amide bonds. The SMILES string of the molecule is CC(C)c1nc(Cl)c([N+](=O)[O-])c(C(C)N)n1. The summed E-state index contributed by atoms with van der Waals surface area (Å²) in [7, 11) is 0. The second-order valence-electron chi connectivity index (χ2n) is 3.81. The van der Waals surface area contributed by atoms with Gasteiger partial charge < -0.3 is 5.73 Å². The minimum atomic E-state index is -0.606. The van der Waals surface area contributed by atoms with Gasteiger partial charge in [-0.1, -0.05) is 25.4 Å². The molecule has 1 rings (SSSR count). The Balaban J connectivity index is 3.45. The van der Waals surface area contributed by atoms with Gasteiger partial charge in [0.15, 0.2) is 0 Å². The Hall–Kier alpha value is -1.27. The largest absolute Gasteiger partial charge is 0.329 e. The molecule has 0 aliphatic rings. The van der Waals surface area contributed by atoms with Crippen molar-refractivity contribution < 1.29 is 4.92 Å². The average molecular weight is 245 g/mol. The summed E-state index contributed by atoms with van der Waals surface area (Å²) in [4.78, 5) is 18.2. The Bertz CT molecular complexity index is 420. The third kappa shape index (κ3) is 2.45. The molecule has 1 aromatic rings. The minimum absolute atomic E-state index is 0.0378. The standard InChI is InChI=1S/C9H13ClN4O2/c1-4(2)9-12-6(5(3)11)7(14(15)16)8(10)13-9/h4-5H,11H2,1-3H3. The molecule has 88 valence electrons. The van der Waals surface area contributed by atoms with Crippen LogP contribution in [0.25, 0.3) is 0 Å². The van der Waals surface area contributed by atoms with Crippen molar-refractivity contribution in [1.29, 1.82) is 0 Å². The Labute approximate surface area is 98.0 Å². The van der Waals surface area contributed by atoms with Crippen molar-refractivity contribution in [1.82, 2.24) is 9.97 Å². The van der Waals surface area contributed by atoms with Gasteiger partial charge in [0.1, 0.15) is 11.5 Å². The fourth-order valence-corrected chi connectivity index (χ4v) is 1.46. The lowest BCUT2D eigenvalue weighted by molar-refractivity contribution is -0.386. The Morgan fingerprint density at radius 2 is 1.94 bits per heavy atom. The maximum absolute atomic E-state index is 10.8. The molecule has 0 aliphatic heterocycles. The van der Waals surface area contributed by atoms with Gasteiger partial charge >= 0.3 is 5.69 Å². The summed E-state index contributed by atoms with van der Waals surface area (Å²) < 4.78 is 0. The number of hydrogen-bond acceptors (Lipinski definition) is 5.